The molecule has 0 aliphatic heterocycles. The Morgan fingerprint density at radius 1 is 1.44 bits per heavy atom. The molecule has 1 aliphatic carbocycles. The molecule has 4 rings (SSSR count). The van der Waals surface area contributed by atoms with Gasteiger partial charge in [0, 0.05) is 17.4 Å². The summed E-state index contributed by atoms with van der Waals surface area (Å²) in [6.07, 6.45) is 4.58. The number of nitrogens with one attached hydrogen (secondary N) is 1. The zero-order valence-electron chi connectivity index (χ0n) is 17.2. The maximum Gasteiger partial charge on any atom is 0.315 e. The van der Waals surface area contributed by atoms with E-state index in [1.807, 2.05) is 17.5 Å². The van der Waals surface area contributed by atoms with Gasteiger partial charge < -0.3 is 14.4 Å². The molecule has 0 atom stereocenters. The number of benzene rings is 1. The number of aromatic hydroxyl groups is 1. The highest BCUT2D eigenvalue weighted by Gasteiger charge is 2.27. The van der Waals surface area contributed by atoms with Crippen molar-refractivity contribution in [2.45, 2.75) is 32.6 Å². The third-order valence-electron chi connectivity index (χ3n) is 5.09. The Morgan fingerprint density at radius 2 is 2.25 bits per heavy atom. The topological polar surface area (TPSA) is 140 Å². The summed E-state index contributed by atoms with van der Waals surface area (Å²) in [6, 6.07) is 5.00. The number of hydrogen-bond donors (Lipinski definition) is 2. The number of hydrazone groups is 1. The van der Waals surface area contributed by atoms with Crippen molar-refractivity contribution in [1.82, 2.24) is 5.43 Å². The Kier molecular flexibility index (Phi) is 6.17. The number of nitro groups is 1. The lowest BCUT2D eigenvalue weighted by Crippen LogP contribution is -2.22. The van der Waals surface area contributed by atoms with E-state index in [1.54, 1.807) is 6.92 Å². The third-order valence-corrected chi connectivity index (χ3v) is 6.07. The van der Waals surface area contributed by atoms with Crippen molar-refractivity contribution in [3.63, 3.8) is 0 Å². The van der Waals surface area contributed by atoms with E-state index in [2.05, 4.69) is 15.7 Å². The Morgan fingerprint density at radius 3 is 3.00 bits per heavy atom. The molecular formula is C21H20N4O6S. The molecule has 3 aromatic rings. The van der Waals surface area contributed by atoms with Crippen LogP contribution in [0.5, 0.6) is 5.75 Å². The lowest BCUT2D eigenvalue weighted by atomic mass is 9.93. The Bertz CT molecular complexity index is 1230. The fourth-order valence-electron chi connectivity index (χ4n) is 3.62. The van der Waals surface area contributed by atoms with Crippen molar-refractivity contribution in [1.29, 1.82) is 0 Å². The zero-order chi connectivity index (χ0) is 22.7. The second-order valence-corrected chi connectivity index (χ2v) is 8.17. The molecule has 2 aromatic heterocycles. The van der Waals surface area contributed by atoms with Crippen LogP contribution in [0.25, 0.3) is 11.0 Å². The fourth-order valence-corrected chi connectivity index (χ4v) is 4.28. The number of oxime groups is 1. The van der Waals surface area contributed by atoms with Gasteiger partial charge in [-0.2, -0.15) is 5.10 Å². The lowest BCUT2D eigenvalue weighted by Gasteiger charge is -2.10. The number of aryl methyl sites for hydroxylation is 2. The van der Waals surface area contributed by atoms with Gasteiger partial charge in [-0.15, -0.1) is 11.3 Å². The van der Waals surface area contributed by atoms with E-state index in [-0.39, 0.29) is 12.2 Å². The summed E-state index contributed by atoms with van der Waals surface area (Å²) in [7, 11) is 0. The molecule has 0 fully saturated rings. The lowest BCUT2D eigenvalue weighted by molar-refractivity contribution is -0.385. The number of furan rings is 1. The summed E-state index contributed by atoms with van der Waals surface area (Å²) in [6.45, 7) is 1.40. The van der Waals surface area contributed by atoms with Crippen molar-refractivity contribution in [2.75, 3.05) is 6.61 Å². The van der Waals surface area contributed by atoms with E-state index in [0.29, 0.717) is 16.7 Å². The van der Waals surface area contributed by atoms with Crippen LogP contribution in [-0.2, 0) is 22.5 Å². The molecule has 10 nitrogen and oxygen atoms in total. The first kappa shape index (κ1) is 21.5. The molecular weight excluding hydrogens is 436 g/mol. The molecule has 1 amide bonds. The monoisotopic (exact) mass is 456 g/mol. The van der Waals surface area contributed by atoms with Gasteiger partial charge in [-0.25, -0.2) is 5.43 Å². The second kappa shape index (κ2) is 9.18. The minimum absolute atomic E-state index is 0.133. The number of carbonyl (C=O) groups is 1. The fraction of sp³-hybridized carbons (Fsp3) is 0.286. The summed E-state index contributed by atoms with van der Waals surface area (Å²) in [4.78, 5) is 28.7. The van der Waals surface area contributed by atoms with E-state index >= 15 is 0 Å². The van der Waals surface area contributed by atoms with E-state index in [9.17, 15) is 20.0 Å². The first-order valence-electron chi connectivity index (χ1n) is 9.92. The minimum Gasteiger partial charge on any atom is -0.502 e. The van der Waals surface area contributed by atoms with Gasteiger partial charge in [0.15, 0.2) is 6.61 Å². The first-order chi connectivity index (χ1) is 15.5. The van der Waals surface area contributed by atoms with Crippen molar-refractivity contribution in [3.8, 4) is 5.75 Å². The largest absolute Gasteiger partial charge is 0.502 e. The molecule has 1 aliphatic rings. The van der Waals surface area contributed by atoms with Gasteiger partial charge in [-0.1, -0.05) is 11.2 Å². The quantitative estimate of drug-likeness (QED) is 0.314. The Hall–Kier alpha value is -3.73. The van der Waals surface area contributed by atoms with Crippen LogP contribution in [-0.4, -0.2) is 34.5 Å². The summed E-state index contributed by atoms with van der Waals surface area (Å²) in [5.41, 5.74) is 3.79. The van der Waals surface area contributed by atoms with E-state index in [0.717, 1.165) is 41.9 Å². The van der Waals surface area contributed by atoms with Gasteiger partial charge in [0.1, 0.15) is 11.3 Å². The molecule has 0 spiro atoms. The predicted molar refractivity (Wildman–Crippen MR) is 119 cm³/mol. The molecule has 1 aromatic carbocycles. The number of hydrogen-bond acceptors (Lipinski definition) is 9. The molecule has 0 saturated carbocycles. The summed E-state index contributed by atoms with van der Waals surface area (Å²) >= 11 is 1.50. The van der Waals surface area contributed by atoms with Crippen LogP contribution in [0.15, 0.2) is 38.3 Å². The van der Waals surface area contributed by atoms with Crippen LogP contribution in [0.2, 0.25) is 0 Å². The average Bonchev–Trinajstić information content (AvgIpc) is 3.42. The van der Waals surface area contributed by atoms with Crippen molar-refractivity contribution >= 4 is 45.8 Å². The third kappa shape index (κ3) is 4.33. The average molecular weight is 456 g/mol. The van der Waals surface area contributed by atoms with Crippen LogP contribution in [0.3, 0.4) is 0 Å². The molecule has 32 heavy (non-hydrogen) atoms. The number of phenolic OH excluding ortho intramolecular Hbond substituents is 1. The smallest absolute Gasteiger partial charge is 0.315 e. The molecule has 0 radical (unpaired) electrons. The number of fused-ring (bicyclic) bond motifs is 3. The summed E-state index contributed by atoms with van der Waals surface area (Å²) in [5, 5.41) is 32.1. The highest BCUT2D eigenvalue weighted by molar-refractivity contribution is 7.12. The minimum atomic E-state index is -0.687. The number of amides is 1. The van der Waals surface area contributed by atoms with E-state index in [1.165, 1.54) is 23.6 Å². The van der Waals surface area contributed by atoms with Crippen LogP contribution < -0.4 is 5.43 Å². The first-order valence-corrected chi connectivity index (χ1v) is 10.8. The molecule has 2 N–H and O–H groups in total. The summed E-state index contributed by atoms with van der Waals surface area (Å²) < 4.78 is 5.81. The van der Waals surface area contributed by atoms with E-state index < -0.39 is 22.3 Å². The maximum absolute atomic E-state index is 12.0. The normalized spacial score (nSPS) is 14.0. The molecule has 0 saturated heterocycles. The van der Waals surface area contributed by atoms with Gasteiger partial charge in [-0.3, -0.25) is 14.9 Å². The summed E-state index contributed by atoms with van der Waals surface area (Å²) in [5.74, 6) is -0.335. The number of nitrogens with zero attached hydrogens (tertiary/aromatic N) is 3. The van der Waals surface area contributed by atoms with Crippen LogP contribution >= 0.6 is 11.3 Å². The SMILES string of the molecule is CC(=NOCC(=O)NN=Cc1c(O)c([N+](=O)[O-])cc2oc3c(c12)CCCC3)c1cccs1. The Labute approximate surface area is 186 Å². The molecule has 11 heteroatoms. The zero-order valence-corrected chi connectivity index (χ0v) is 18.0. The highest BCUT2D eigenvalue weighted by atomic mass is 32.1. The molecule has 0 bridgehead atoms. The molecule has 0 unspecified atom stereocenters. The number of nitro benzene ring substituents is 1. The highest BCUT2D eigenvalue weighted by Crippen LogP contribution is 2.41. The number of thiophene rings is 1. The van der Waals surface area contributed by atoms with Gasteiger partial charge in [0.25, 0.3) is 5.91 Å². The van der Waals surface area contributed by atoms with E-state index in [4.69, 9.17) is 9.25 Å². The van der Waals surface area contributed by atoms with Gasteiger partial charge in [-0.05, 0) is 37.6 Å². The van der Waals surface area contributed by atoms with Gasteiger partial charge >= 0.3 is 5.69 Å². The van der Waals surface area contributed by atoms with Crippen molar-refractivity contribution in [2.24, 2.45) is 10.3 Å². The number of rotatable bonds is 7. The van der Waals surface area contributed by atoms with Crippen molar-refractivity contribution < 1.29 is 24.1 Å². The molecule has 2 heterocycles. The maximum atomic E-state index is 12.0. The predicted octanol–water partition coefficient (Wildman–Crippen LogP) is 3.88. The van der Waals surface area contributed by atoms with Crippen molar-refractivity contribution in [3.05, 3.63) is 55.5 Å². The van der Waals surface area contributed by atoms with Crippen LogP contribution in [0, 0.1) is 10.1 Å². The Balaban J connectivity index is 1.52. The van der Waals surface area contributed by atoms with Crippen LogP contribution in [0.4, 0.5) is 5.69 Å². The van der Waals surface area contributed by atoms with Gasteiger partial charge in [0.05, 0.1) is 33.4 Å². The standard InChI is InChI=1S/C21H20N4O6S/c1-12(18-7-4-8-32-18)24-30-11-19(26)23-22-10-14-20-13-5-2-3-6-16(13)31-17(20)9-15(21(14)27)25(28)29/h4,7-10,27H,2-3,5-6,11H2,1H3,(H,23,26). The second-order valence-electron chi connectivity index (χ2n) is 7.22. The van der Waals surface area contributed by atoms with Crippen LogP contribution in [0.1, 0.15) is 41.5 Å². The number of carbonyl (C=O) groups excluding carboxylic acids is 1. The number of phenols is 1. The molecule has 166 valence electrons. The van der Waals surface area contributed by atoms with Gasteiger partial charge in [0.2, 0.25) is 5.75 Å².